The number of nitrogens with one attached hydrogen (secondary N) is 3. The van der Waals surface area contributed by atoms with E-state index in [1.54, 1.807) is 30.3 Å². The molecule has 5 heterocycles. The summed E-state index contributed by atoms with van der Waals surface area (Å²) in [5.74, 6) is 6.71. The van der Waals surface area contributed by atoms with Crippen molar-refractivity contribution in [2.24, 2.45) is 0 Å². The van der Waals surface area contributed by atoms with Crippen molar-refractivity contribution < 1.29 is 43.0 Å². The average molecular weight is 1790 g/mol. The third-order valence-corrected chi connectivity index (χ3v) is 24.1. The summed E-state index contributed by atoms with van der Waals surface area (Å²) in [6, 6.07) is 77.3. The fraction of sp³-hybridized carbons (Fsp3) is 0.281. The molecule has 0 saturated heterocycles. The molecule has 134 heavy (non-hydrogen) atoms. The third-order valence-electron chi connectivity index (χ3n) is 24.1. The van der Waals surface area contributed by atoms with Crippen LogP contribution >= 0.6 is 0 Å². The number of aromatic nitrogens is 10. The molecule has 12 aromatic carbocycles. The highest BCUT2D eigenvalue weighted by molar-refractivity contribution is 6.06. The van der Waals surface area contributed by atoms with Gasteiger partial charge in [0, 0.05) is 44.2 Å². The summed E-state index contributed by atoms with van der Waals surface area (Å²) in [4.78, 5) is 62.4. The minimum Gasteiger partial charge on any atom is -0.480 e. The SMILES string of the molecule is CC(C)(C)c1ccc(Oc2cc3c(cc2Oc2ccc(C(C)(C)C)cc2)-c2nc-3nc3nc([nH]c(O)nc4[nH]c([nH]c5nc(nc(=O)n2)-c2cc(Oc6ccc(C(C)(C)C)cc6)c(Oc6ccc(C(C)(C)C)cc6)cc2-5)c2cc(Oc5ccc(C(C)(C)C)cc5)c(Oc5ccc(C(C)(C)C)cc5)cc42)-c2cc(Oc4ccc(C(C)(C)C)cc4)c(Oc4ccc(C(C)(C)C)cc4)cc2-3)cc1. The van der Waals surface area contributed by atoms with Crippen LogP contribution in [0, 0.1) is 0 Å². The highest BCUT2D eigenvalue weighted by Crippen LogP contribution is 2.52. The number of ether oxygens (including phenoxy) is 8. The number of benzene rings is 12. The Hall–Kier alpha value is -14.7. The third kappa shape index (κ3) is 20.1. The summed E-state index contributed by atoms with van der Waals surface area (Å²) in [6.07, 6.45) is 0. The lowest BCUT2D eigenvalue weighted by Gasteiger charge is -2.20. The molecule has 0 unspecified atom stereocenters. The number of aromatic hydroxyl groups is 1. The van der Waals surface area contributed by atoms with Gasteiger partial charge in [0.05, 0.1) is 0 Å². The van der Waals surface area contributed by atoms with Crippen LogP contribution in [0.1, 0.15) is 211 Å². The van der Waals surface area contributed by atoms with E-state index < -0.39 is 11.7 Å². The summed E-state index contributed by atoms with van der Waals surface area (Å²) in [5.41, 5.74) is 9.28. The topological polar surface area (TPSA) is 249 Å². The average Bonchev–Trinajstić information content (AvgIpc) is 1.60. The highest BCUT2D eigenvalue weighted by Gasteiger charge is 2.33. The summed E-state index contributed by atoms with van der Waals surface area (Å²) in [5, 5.41) is 14.1. The van der Waals surface area contributed by atoms with E-state index in [-0.39, 0.29) is 107 Å². The molecular formula is C114H116N10O10. The summed E-state index contributed by atoms with van der Waals surface area (Å²) >= 11 is 0. The Morgan fingerprint density at radius 2 is 0.410 bits per heavy atom. The molecule has 4 N–H and O–H groups in total. The molecule has 682 valence electrons. The van der Waals surface area contributed by atoms with Crippen LogP contribution in [0.3, 0.4) is 0 Å². The standard InChI is InChI=1S/C114H116N10O10/c1-107(2,3)65-25-41-73(42-26-65)127-89-57-81-85(61-93(89)131-77-49-33-69(34-50-77)111(13,14)15)101-117-97(81)115-98-82-58-90(128-74-43-27-66(28-44-74)108(4,5)6)94(132-78-51-35-70(36-52-78)112(16,17)18)62-86(82)102(118-98)123-106(126)124-104-88-64-96(134-80-55-39-72(40-56-80)114(22,23)24)92(130-76-47-31-68(32-48-76)110(10,11)12)60-84(88)100(120-104)116-99-83-59-91(129-75-45-29-67(30-46-75)109(7,8)9)95(63-87(83)103(119-99)122-105(125)121-101)133-79-53-37-71(38-54-79)113(19,20)21/h25-64H,1-24H3,(H4,115,116,117,118,119,120,121,122,123,124,125,126). The van der Waals surface area contributed by atoms with Crippen LogP contribution in [0.15, 0.2) is 247 Å². The van der Waals surface area contributed by atoms with Crippen LogP contribution in [-0.2, 0) is 43.3 Å². The molecule has 8 bridgehead atoms. The van der Waals surface area contributed by atoms with Crippen LogP contribution in [0.4, 0.5) is 0 Å². The second kappa shape index (κ2) is 34.5. The molecular weight excluding hydrogens is 1670 g/mol. The van der Waals surface area contributed by atoms with Crippen molar-refractivity contribution in [2.75, 3.05) is 0 Å². The van der Waals surface area contributed by atoms with Crippen LogP contribution in [0.25, 0.3) is 90.4 Å². The first-order valence-corrected chi connectivity index (χ1v) is 45.5. The summed E-state index contributed by atoms with van der Waals surface area (Å²) < 4.78 is 55.9. The Bertz CT molecular complexity index is 7210. The van der Waals surface area contributed by atoms with Crippen LogP contribution in [0.2, 0.25) is 0 Å². The van der Waals surface area contributed by atoms with Gasteiger partial charge in [-0.1, -0.05) is 263 Å². The second-order valence-corrected chi connectivity index (χ2v) is 42.9. The quantitative estimate of drug-likeness (QED) is 0.0702. The van der Waals surface area contributed by atoms with Gasteiger partial charge in [0.15, 0.2) is 69.3 Å². The maximum Gasteiger partial charge on any atom is 0.371 e. The Kier molecular flexibility index (Phi) is 23.5. The van der Waals surface area contributed by atoms with Crippen molar-refractivity contribution in [3.63, 3.8) is 0 Å². The minimum atomic E-state index is -0.994. The van der Waals surface area contributed by atoms with Crippen molar-refractivity contribution in [1.82, 2.24) is 49.8 Å². The minimum absolute atomic E-state index is 0.0541. The van der Waals surface area contributed by atoms with E-state index in [1.165, 1.54) is 0 Å². The van der Waals surface area contributed by atoms with Gasteiger partial charge in [-0.15, -0.1) is 0 Å². The zero-order valence-electron chi connectivity index (χ0n) is 80.8. The van der Waals surface area contributed by atoms with Gasteiger partial charge in [0.2, 0.25) is 0 Å². The number of fused-ring (bicyclic) bond motifs is 20. The molecule has 20 heteroatoms. The van der Waals surface area contributed by atoms with Crippen molar-refractivity contribution in [3.8, 4) is 166 Å². The molecule has 20 nitrogen and oxygen atoms in total. The number of H-pyrrole nitrogens is 3. The molecule has 3 aliphatic heterocycles. The fourth-order valence-corrected chi connectivity index (χ4v) is 15.9. The van der Waals surface area contributed by atoms with E-state index in [2.05, 4.69) is 193 Å². The smallest absolute Gasteiger partial charge is 0.371 e. The van der Waals surface area contributed by atoms with E-state index >= 15 is 4.79 Å². The van der Waals surface area contributed by atoms with Crippen molar-refractivity contribution in [1.29, 1.82) is 0 Å². The predicted octanol–water partition coefficient (Wildman–Crippen LogP) is 30.4. The van der Waals surface area contributed by atoms with Crippen LogP contribution in [-0.4, -0.2) is 54.9 Å². The highest BCUT2D eigenvalue weighted by atomic mass is 16.5. The lowest BCUT2D eigenvalue weighted by atomic mass is 9.87. The number of hydrogen-bond acceptors (Lipinski definition) is 17. The first-order chi connectivity index (χ1) is 63.1. The number of rotatable bonds is 16. The first kappa shape index (κ1) is 91.2. The largest absolute Gasteiger partial charge is 0.480 e. The van der Waals surface area contributed by atoms with E-state index in [0.717, 1.165) is 44.5 Å². The zero-order valence-corrected chi connectivity index (χ0v) is 80.8. The number of hydrogen-bond donors (Lipinski definition) is 4. The van der Waals surface area contributed by atoms with Crippen LogP contribution < -0.4 is 43.6 Å². The normalized spacial score (nSPS) is 12.5. The maximum atomic E-state index is 15.9. The first-order valence-electron chi connectivity index (χ1n) is 45.5. The monoisotopic (exact) mass is 1780 g/mol. The number of aromatic amines is 3. The second-order valence-electron chi connectivity index (χ2n) is 42.9. The molecule has 0 aliphatic carbocycles. The fourth-order valence-electron chi connectivity index (χ4n) is 15.9. The maximum absolute atomic E-state index is 15.9. The van der Waals surface area contributed by atoms with Crippen molar-refractivity contribution >= 4 is 22.1 Å². The Morgan fingerprint density at radius 1 is 0.216 bits per heavy atom. The molecule has 3 aliphatic rings. The molecule has 2 aromatic heterocycles. The molecule has 0 fully saturated rings. The van der Waals surface area contributed by atoms with Crippen molar-refractivity contribution in [2.45, 2.75) is 209 Å². The van der Waals surface area contributed by atoms with Gasteiger partial charge in [-0.3, -0.25) is 4.98 Å². The van der Waals surface area contributed by atoms with Crippen molar-refractivity contribution in [3.05, 3.63) is 298 Å². The molecule has 0 spiro atoms. The van der Waals surface area contributed by atoms with E-state index in [0.29, 0.717) is 119 Å². The van der Waals surface area contributed by atoms with Crippen LogP contribution in [0.5, 0.6) is 98.0 Å². The Balaban J connectivity index is 0.964. The lowest BCUT2D eigenvalue weighted by molar-refractivity contribution is 0.418. The number of nitrogens with zero attached hydrogens (tertiary/aromatic N) is 7. The van der Waals surface area contributed by atoms with Gasteiger partial charge in [-0.2, -0.15) is 15.0 Å². The molecule has 14 aromatic rings. The van der Waals surface area contributed by atoms with Gasteiger partial charge in [0.25, 0.3) is 6.01 Å². The van der Waals surface area contributed by atoms with E-state index in [9.17, 15) is 5.11 Å². The zero-order chi connectivity index (χ0) is 95.3. The molecule has 0 radical (unpaired) electrons. The van der Waals surface area contributed by atoms with E-state index in [1.807, 2.05) is 200 Å². The molecule has 0 amide bonds. The lowest BCUT2D eigenvalue weighted by Crippen LogP contribution is -2.10. The molecule has 0 saturated carbocycles. The summed E-state index contributed by atoms with van der Waals surface area (Å²) in [6.45, 7) is 51.8. The van der Waals surface area contributed by atoms with E-state index in [4.69, 9.17) is 72.8 Å². The van der Waals surface area contributed by atoms with Gasteiger partial charge in [-0.05, 0) is 233 Å². The van der Waals surface area contributed by atoms with Gasteiger partial charge in [0.1, 0.15) is 68.9 Å². The Labute approximate surface area is 783 Å². The molecule has 0 atom stereocenters. The summed E-state index contributed by atoms with van der Waals surface area (Å²) in [7, 11) is 0. The molecule has 17 rings (SSSR count). The van der Waals surface area contributed by atoms with Gasteiger partial charge < -0.3 is 53.0 Å². The predicted molar refractivity (Wildman–Crippen MR) is 534 cm³/mol. The van der Waals surface area contributed by atoms with Gasteiger partial charge >= 0.3 is 5.69 Å². The van der Waals surface area contributed by atoms with Gasteiger partial charge in [-0.25, -0.2) is 24.7 Å². The Morgan fingerprint density at radius 3 is 0.657 bits per heavy atom.